The van der Waals surface area contributed by atoms with Crippen molar-refractivity contribution in [1.29, 1.82) is 5.26 Å². The predicted octanol–water partition coefficient (Wildman–Crippen LogP) is 8.43. The van der Waals surface area contributed by atoms with Crippen LogP contribution in [0.25, 0.3) is 16.7 Å². The molecule has 0 fully saturated rings. The molecular weight excluding hydrogens is 350 g/mol. The van der Waals surface area contributed by atoms with Crippen LogP contribution in [0.15, 0.2) is 49.0 Å². The van der Waals surface area contributed by atoms with E-state index in [1.165, 1.54) is 86.5 Å². The van der Waals surface area contributed by atoms with Crippen molar-refractivity contribution in [3.8, 4) is 17.2 Å². The van der Waals surface area contributed by atoms with Gasteiger partial charge in [-0.05, 0) is 46.7 Å². The van der Waals surface area contributed by atoms with Crippen LogP contribution >= 0.6 is 0 Å². The van der Waals surface area contributed by atoms with E-state index in [4.69, 9.17) is 0 Å². The number of nitrogens with zero attached hydrogens (tertiary/aromatic N) is 1. The molecule has 2 aromatic rings. The summed E-state index contributed by atoms with van der Waals surface area (Å²) >= 11 is 0. The van der Waals surface area contributed by atoms with Gasteiger partial charge in [0.05, 0.1) is 11.6 Å². The lowest BCUT2D eigenvalue weighted by molar-refractivity contribution is 0.401. The highest BCUT2D eigenvalue weighted by Crippen LogP contribution is 2.54. The van der Waals surface area contributed by atoms with Crippen LogP contribution < -0.4 is 0 Å². The van der Waals surface area contributed by atoms with Crippen molar-refractivity contribution in [3.63, 3.8) is 0 Å². The first kappa shape index (κ1) is 21.4. The fraction of sp³-hybridized carbons (Fsp3) is 0.464. The summed E-state index contributed by atoms with van der Waals surface area (Å²) in [6.45, 7) is 8.53. The summed E-state index contributed by atoms with van der Waals surface area (Å²) in [5, 5.41) is 9.39. The lowest BCUT2D eigenvalue weighted by atomic mass is 9.70. The number of unbranched alkanes of at least 4 members (excludes halogenated alkanes) is 6. The topological polar surface area (TPSA) is 23.8 Å². The van der Waals surface area contributed by atoms with E-state index in [2.05, 4.69) is 69.0 Å². The minimum Gasteiger partial charge on any atom is -0.192 e. The van der Waals surface area contributed by atoms with E-state index in [0.717, 1.165) is 5.56 Å². The van der Waals surface area contributed by atoms with E-state index >= 15 is 0 Å². The first-order chi connectivity index (χ1) is 14.2. The van der Waals surface area contributed by atoms with Gasteiger partial charge in [-0.3, -0.25) is 0 Å². The van der Waals surface area contributed by atoms with Crippen molar-refractivity contribution in [1.82, 2.24) is 0 Å². The molecule has 0 spiro atoms. The molecule has 0 aromatic heterocycles. The maximum atomic E-state index is 9.39. The first-order valence-electron chi connectivity index (χ1n) is 11.5. The average molecular weight is 386 g/mol. The molecule has 0 radical (unpaired) electrons. The number of fused-ring (bicyclic) bond motifs is 3. The van der Waals surface area contributed by atoms with Gasteiger partial charge >= 0.3 is 0 Å². The molecule has 1 heteroatoms. The van der Waals surface area contributed by atoms with Crippen molar-refractivity contribution in [2.24, 2.45) is 0 Å². The highest BCUT2D eigenvalue weighted by molar-refractivity contribution is 5.84. The van der Waals surface area contributed by atoms with Crippen molar-refractivity contribution >= 4 is 5.57 Å². The number of allylic oxidation sites excluding steroid dienone is 1. The zero-order chi connectivity index (χ0) is 20.7. The lowest BCUT2D eigenvalue weighted by Gasteiger charge is -2.33. The molecule has 0 bridgehead atoms. The van der Waals surface area contributed by atoms with Gasteiger partial charge < -0.3 is 0 Å². The SMILES string of the molecule is C=C(C#N)c1ccc2c(c1)C(CCCCCC)(CCCCCC)c1ccccc1-2. The Kier molecular flexibility index (Phi) is 7.32. The van der Waals surface area contributed by atoms with Crippen LogP contribution in [0.4, 0.5) is 0 Å². The molecule has 0 saturated carbocycles. The molecule has 1 aliphatic carbocycles. The summed E-state index contributed by atoms with van der Waals surface area (Å²) in [7, 11) is 0. The zero-order valence-electron chi connectivity index (χ0n) is 18.3. The Bertz CT molecular complexity index is 871. The first-order valence-corrected chi connectivity index (χ1v) is 11.5. The molecule has 3 rings (SSSR count). The second kappa shape index (κ2) is 9.93. The maximum Gasteiger partial charge on any atom is 0.0991 e. The summed E-state index contributed by atoms with van der Waals surface area (Å²) in [5.41, 5.74) is 7.31. The van der Waals surface area contributed by atoms with Gasteiger partial charge in [-0.15, -0.1) is 0 Å². The Labute approximate surface area is 177 Å². The number of hydrogen-bond acceptors (Lipinski definition) is 1. The van der Waals surface area contributed by atoms with Gasteiger partial charge in [-0.25, -0.2) is 0 Å². The fourth-order valence-corrected chi connectivity index (χ4v) is 5.08. The number of nitriles is 1. The summed E-state index contributed by atoms with van der Waals surface area (Å²) < 4.78 is 0. The van der Waals surface area contributed by atoms with Crippen LogP contribution in [-0.2, 0) is 5.41 Å². The third-order valence-electron chi connectivity index (χ3n) is 6.67. The molecule has 152 valence electrons. The standard InChI is InChI=1S/C28H35N/c1-4-6-8-12-18-28(19-13-9-7-5-2)26-15-11-10-14-24(26)25-17-16-23(20-27(25)28)22(3)21-29/h10-11,14-17,20H,3-9,12-13,18-19H2,1-2H3. The van der Waals surface area contributed by atoms with Crippen LogP contribution in [0.5, 0.6) is 0 Å². The molecule has 0 heterocycles. The molecule has 0 aliphatic heterocycles. The van der Waals surface area contributed by atoms with E-state index in [-0.39, 0.29) is 5.41 Å². The minimum absolute atomic E-state index is 0.0825. The van der Waals surface area contributed by atoms with Gasteiger partial charge in [0.1, 0.15) is 0 Å². The largest absolute Gasteiger partial charge is 0.192 e. The Morgan fingerprint density at radius 2 is 1.45 bits per heavy atom. The number of hydrogen-bond donors (Lipinski definition) is 0. The van der Waals surface area contributed by atoms with Crippen LogP contribution in [-0.4, -0.2) is 0 Å². The van der Waals surface area contributed by atoms with E-state index < -0.39 is 0 Å². The van der Waals surface area contributed by atoms with Crippen molar-refractivity contribution in [3.05, 3.63) is 65.7 Å². The highest BCUT2D eigenvalue weighted by atomic mass is 14.4. The minimum atomic E-state index is 0.0825. The molecule has 2 aromatic carbocycles. The van der Waals surface area contributed by atoms with E-state index in [1.54, 1.807) is 0 Å². The van der Waals surface area contributed by atoms with Gasteiger partial charge in [0.15, 0.2) is 0 Å². The second-order valence-corrected chi connectivity index (χ2v) is 8.60. The predicted molar refractivity (Wildman–Crippen MR) is 125 cm³/mol. The van der Waals surface area contributed by atoms with Gasteiger partial charge in [-0.2, -0.15) is 5.26 Å². The summed E-state index contributed by atoms with van der Waals surface area (Å²) in [6.07, 6.45) is 12.7. The molecular formula is C28H35N. The molecule has 0 unspecified atom stereocenters. The highest BCUT2D eigenvalue weighted by Gasteiger charge is 2.42. The smallest absolute Gasteiger partial charge is 0.0991 e. The van der Waals surface area contributed by atoms with E-state index in [0.29, 0.717) is 5.57 Å². The molecule has 0 atom stereocenters. The third kappa shape index (κ3) is 4.32. The molecule has 29 heavy (non-hydrogen) atoms. The lowest BCUT2D eigenvalue weighted by Crippen LogP contribution is -2.25. The van der Waals surface area contributed by atoms with Crippen molar-refractivity contribution in [2.75, 3.05) is 0 Å². The Morgan fingerprint density at radius 1 is 0.828 bits per heavy atom. The quantitative estimate of drug-likeness (QED) is 0.281. The Hall–Kier alpha value is -2.33. The van der Waals surface area contributed by atoms with E-state index in [9.17, 15) is 5.26 Å². The zero-order valence-corrected chi connectivity index (χ0v) is 18.3. The molecule has 1 nitrogen and oxygen atoms in total. The van der Waals surface area contributed by atoms with Gasteiger partial charge in [0.25, 0.3) is 0 Å². The summed E-state index contributed by atoms with van der Waals surface area (Å²) in [4.78, 5) is 0. The maximum absolute atomic E-state index is 9.39. The number of benzene rings is 2. The van der Waals surface area contributed by atoms with Crippen LogP contribution in [0.1, 0.15) is 94.7 Å². The molecule has 0 saturated heterocycles. The Morgan fingerprint density at radius 3 is 2.07 bits per heavy atom. The second-order valence-electron chi connectivity index (χ2n) is 8.60. The van der Waals surface area contributed by atoms with E-state index in [1.807, 2.05) is 0 Å². The average Bonchev–Trinajstić information content (AvgIpc) is 3.03. The van der Waals surface area contributed by atoms with Crippen LogP contribution in [0.2, 0.25) is 0 Å². The number of rotatable bonds is 11. The normalized spacial score (nSPS) is 13.6. The van der Waals surface area contributed by atoms with Gasteiger partial charge in [-0.1, -0.05) is 108 Å². The third-order valence-corrected chi connectivity index (χ3v) is 6.67. The summed E-state index contributed by atoms with van der Waals surface area (Å²) in [6, 6.07) is 17.8. The summed E-state index contributed by atoms with van der Waals surface area (Å²) in [5.74, 6) is 0. The molecule has 0 N–H and O–H groups in total. The Balaban J connectivity index is 2.06. The van der Waals surface area contributed by atoms with Crippen LogP contribution in [0, 0.1) is 11.3 Å². The monoisotopic (exact) mass is 385 g/mol. The van der Waals surface area contributed by atoms with Gasteiger partial charge in [0.2, 0.25) is 0 Å². The van der Waals surface area contributed by atoms with Crippen molar-refractivity contribution in [2.45, 2.75) is 83.5 Å². The van der Waals surface area contributed by atoms with Gasteiger partial charge in [0, 0.05) is 5.41 Å². The molecule has 0 amide bonds. The van der Waals surface area contributed by atoms with Crippen molar-refractivity contribution < 1.29 is 0 Å². The molecule has 1 aliphatic rings. The fourth-order valence-electron chi connectivity index (χ4n) is 5.08. The van der Waals surface area contributed by atoms with Crippen LogP contribution in [0.3, 0.4) is 0 Å².